The van der Waals surface area contributed by atoms with Crippen molar-refractivity contribution in [3.8, 4) is 0 Å². The Morgan fingerprint density at radius 2 is 2.13 bits per heavy atom. The SMILES string of the molecule is CSc1ccccc1NC(=O)[C@H](C)n1nc([N+](=O)[O-])c(Br)c1C. The van der Waals surface area contributed by atoms with Gasteiger partial charge in [0.25, 0.3) is 5.91 Å². The van der Waals surface area contributed by atoms with E-state index in [1.807, 2.05) is 30.5 Å². The Bertz CT molecular complexity index is 762. The second kappa shape index (κ2) is 7.14. The van der Waals surface area contributed by atoms with Crippen LogP contribution in [0.1, 0.15) is 18.7 Å². The van der Waals surface area contributed by atoms with Crippen molar-refractivity contribution in [1.29, 1.82) is 0 Å². The molecule has 0 aliphatic carbocycles. The molecule has 0 aliphatic rings. The third kappa shape index (κ3) is 3.56. The zero-order chi connectivity index (χ0) is 17.1. The number of carbonyl (C=O) groups is 1. The summed E-state index contributed by atoms with van der Waals surface area (Å²) in [5, 5.41) is 17.7. The van der Waals surface area contributed by atoms with Crippen molar-refractivity contribution >= 4 is 45.1 Å². The molecule has 0 saturated carbocycles. The van der Waals surface area contributed by atoms with Crippen LogP contribution in [-0.2, 0) is 4.79 Å². The lowest BCUT2D eigenvalue weighted by molar-refractivity contribution is -0.390. The number of nitro groups is 1. The topological polar surface area (TPSA) is 90.1 Å². The number of hydrogen-bond donors (Lipinski definition) is 1. The molecule has 1 N–H and O–H groups in total. The van der Waals surface area contributed by atoms with Crippen LogP contribution in [0, 0.1) is 17.0 Å². The molecule has 122 valence electrons. The van der Waals surface area contributed by atoms with Gasteiger partial charge in [0, 0.05) is 4.90 Å². The van der Waals surface area contributed by atoms with Crippen molar-refractivity contribution in [2.75, 3.05) is 11.6 Å². The van der Waals surface area contributed by atoms with Crippen molar-refractivity contribution in [3.05, 3.63) is 44.5 Å². The number of nitrogens with zero attached hydrogens (tertiary/aromatic N) is 3. The van der Waals surface area contributed by atoms with Crippen LogP contribution < -0.4 is 5.32 Å². The summed E-state index contributed by atoms with van der Waals surface area (Å²) >= 11 is 4.67. The van der Waals surface area contributed by atoms with Crippen LogP contribution >= 0.6 is 27.7 Å². The first kappa shape index (κ1) is 17.5. The van der Waals surface area contributed by atoms with Gasteiger partial charge in [-0.15, -0.1) is 11.8 Å². The van der Waals surface area contributed by atoms with E-state index in [0.29, 0.717) is 11.4 Å². The summed E-state index contributed by atoms with van der Waals surface area (Å²) in [4.78, 5) is 23.8. The van der Waals surface area contributed by atoms with Crippen molar-refractivity contribution in [1.82, 2.24) is 9.78 Å². The predicted molar refractivity (Wildman–Crippen MR) is 92.9 cm³/mol. The average molecular weight is 399 g/mol. The summed E-state index contributed by atoms with van der Waals surface area (Å²) in [6, 6.07) is 6.76. The van der Waals surface area contributed by atoms with Gasteiger partial charge in [0.05, 0.1) is 16.5 Å². The van der Waals surface area contributed by atoms with Crippen LogP contribution in [0.25, 0.3) is 0 Å². The first-order chi connectivity index (χ1) is 10.9. The van der Waals surface area contributed by atoms with Gasteiger partial charge in [0.15, 0.2) is 0 Å². The largest absolute Gasteiger partial charge is 0.404 e. The molecule has 9 heteroatoms. The van der Waals surface area contributed by atoms with E-state index in [-0.39, 0.29) is 16.2 Å². The minimum absolute atomic E-state index is 0.284. The van der Waals surface area contributed by atoms with Gasteiger partial charge >= 0.3 is 5.82 Å². The fourth-order valence-electron chi connectivity index (χ4n) is 2.07. The fourth-order valence-corrected chi connectivity index (χ4v) is 3.03. The number of para-hydroxylation sites is 1. The first-order valence-electron chi connectivity index (χ1n) is 6.69. The number of hydrogen-bond acceptors (Lipinski definition) is 5. The Balaban J connectivity index is 2.27. The maximum Gasteiger partial charge on any atom is 0.404 e. The highest BCUT2D eigenvalue weighted by Crippen LogP contribution is 2.30. The molecule has 0 spiro atoms. The van der Waals surface area contributed by atoms with E-state index >= 15 is 0 Å². The number of nitrogens with one attached hydrogen (secondary N) is 1. The molecule has 0 aliphatic heterocycles. The van der Waals surface area contributed by atoms with Crippen LogP contribution in [0.5, 0.6) is 0 Å². The van der Waals surface area contributed by atoms with Gasteiger partial charge in [-0.25, -0.2) is 0 Å². The molecule has 2 rings (SSSR count). The number of rotatable bonds is 5. The molecule has 0 saturated heterocycles. The minimum atomic E-state index is -0.685. The maximum absolute atomic E-state index is 12.5. The number of halogens is 1. The molecule has 1 amide bonds. The molecule has 1 heterocycles. The van der Waals surface area contributed by atoms with Crippen molar-refractivity contribution in [2.24, 2.45) is 0 Å². The molecule has 1 aromatic heterocycles. The van der Waals surface area contributed by atoms with Crippen molar-refractivity contribution in [2.45, 2.75) is 24.8 Å². The van der Waals surface area contributed by atoms with E-state index in [0.717, 1.165) is 4.90 Å². The summed E-state index contributed by atoms with van der Waals surface area (Å²) in [6.07, 6.45) is 1.92. The summed E-state index contributed by atoms with van der Waals surface area (Å²) in [6.45, 7) is 3.32. The minimum Gasteiger partial charge on any atom is -0.358 e. The highest BCUT2D eigenvalue weighted by atomic mass is 79.9. The van der Waals surface area contributed by atoms with Gasteiger partial charge in [-0.2, -0.15) is 4.68 Å². The van der Waals surface area contributed by atoms with Crippen molar-refractivity contribution < 1.29 is 9.72 Å². The number of anilines is 1. The van der Waals surface area contributed by atoms with Gasteiger partial charge < -0.3 is 15.4 Å². The molecule has 23 heavy (non-hydrogen) atoms. The average Bonchev–Trinajstić information content (AvgIpc) is 2.83. The zero-order valence-corrected chi connectivity index (χ0v) is 15.1. The number of thioether (sulfide) groups is 1. The molecule has 1 aromatic carbocycles. The third-order valence-electron chi connectivity index (χ3n) is 3.34. The van der Waals surface area contributed by atoms with E-state index in [2.05, 4.69) is 26.3 Å². The summed E-state index contributed by atoms with van der Waals surface area (Å²) in [5.41, 5.74) is 1.23. The lowest BCUT2D eigenvalue weighted by Crippen LogP contribution is -2.25. The smallest absolute Gasteiger partial charge is 0.358 e. The van der Waals surface area contributed by atoms with Gasteiger partial charge in [-0.3, -0.25) is 4.79 Å². The normalized spacial score (nSPS) is 12.0. The molecule has 1 atom stereocenters. The number of aromatic nitrogens is 2. The lowest BCUT2D eigenvalue weighted by Gasteiger charge is -2.13. The van der Waals surface area contributed by atoms with Gasteiger partial charge in [-0.1, -0.05) is 12.1 Å². The van der Waals surface area contributed by atoms with Crippen LogP contribution in [-0.4, -0.2) is 26.9 Å². The summed E-state index contributed by atoms with van der Waals surface area (Å²) in [5.74, 6) is -0.592. The summed E-state index contributed by atoms with van der Waals surface area (Å²) in [7, 11) is 0. The van der Waals surface area contributed by atoms with E-state index in [4.69, 9.17) is 0 Å². The van der Waals surface area contributed by atoms with Gasteiger partial charge in [0.1, 0.15) is 10.5 Å². The second-order valence-electron chi connectivity index (χ2n) is 4.79. The van der Waals surface area contributed by atoms with Gasteiger partial charge in [-0.05, 0) is 53.1 Å². The van der Waals surface area contributed by atoms with Gasteiger partial charge in [0.2, 0.25) is 0 Å². The first-order valence-corrected chi connectivity index (χ1v) is 8.71. The fraction of sp³-hybridized carbons (Fsp3) is 0.286. The number of benzene rings is 1. The Kier molecular flexibility index (Phi) is 5.42. The molecule has 2 aromatic rings. The number of amides is 1. The Hall–Kier alpha value is -1.87. The Morgan fingerprint density at radius 3 is 2.70 bits per heavy atom. The molecular formula is C14H15BrN4O3S. The molecule has 7 nitrogen and oxygen atoms in total. The molecule has 0 unspecified atom stereocenters. The highest BCUT2D eigenvalue weighted by molar-refractivity contribution is 9.10. The van der Waals surface area contributed by atoms with Crippen LogP contribution in [0.4, 0.5) is 11.5 Å². The van der Waals surface area contributed by atoms with Crippen molar-refractivity contribution in [3.63, 3.8) is 0 Å². The van der Waals surface area contributed by atoms with Crippen LogP contribution in [0.2, 0.25) is 0 Å². The number of carbonyl (C=O) groups excluding carboxylic acids is 1. The predicted octanol–water partition coefficient (Wildman–Crippen LogP) is 3.78. The van der Waals surface area contributed by atoms with Crippen LogP contribution in [0.15, 0.2) is 33.6 Å². The van der Waals surface area contributed by atoms with E-state index in [1.165, 1.54) is 16.4 Å². The molecule has 0 radical (unpaired) electrons. The Labute approximate surface area is 145 Å². The molecule has 0 fully saturated rings. The zero-order valence-electron chi connectivity index (χ0n) is 12.7. The quantitative estimate of drug-likeness (QED) is 0.470. The van der Waals surface area contributed by atoms with E-state index in [1.54, 1.807) is 13.8 Å². The Morgan fingerprint density at radius 1 is 1.48 bits per heavy atom. The standard InChI is InChI=1S/C14H15BrN4O3S/c1-8-12(15)13(19(21)22)17-18(8)9(2)14(20)16-10-6-4-5-7-11(10)23-3/h4-7,9H,1-3H3,(H,16,20)/t9-/m0/s1. The summed E-state index contributed by atoms with van der Waals surface area (Å²) < 4.78 is 1.63. The second-order valence-corrected chi connectivity index (χ2v) is 6.43. The monoisotopic (exact) mass is 398 g/mol. The lowest BCUT2D eigenvalue weighted by atomic mass is 10.2. The highest BCUT2D eigenvalue weighted by Gasteiger charge is 2.29. The molecule has 0 bridgehead atoms. The molecular weight excluding hydrogens is 384 g/mol. The van der Waals surface area contributed by atoms with Crippen LogP contribution in [0.3, 0.4) is 0 Å². The van der Waals surface area contributed by atoms with E-state index in [9.17, 15) is 14.9 Å². The maximum atomic E-state index is 12.5. The third-order valence-corrected chi connectivity index (χ3v) is 5.07. The van der Waals surface area contributed by atoms with E-state index < -0.39 is 11.0 Å².